The molecule has 4 rings (SSSR count). The van der Waals surface area contributed by atoms with Crippen molar-refractivity contribution in [2.75, 3.05) is 27.2 Å². The third-order valence-corrected chi connectivity index (χ3v) is 5.41. The number of rotatable bonds is 4. The van der Waals surface area contributed by atoms with E-state index in [9.17, 15) is 0 Å². The van der Waals surface area contributed by atoms with Gasteiger partial charge in [-0.3, -0.25) is 4.99 Å². The molecule has 0 atom stereocenters. The topological polar surface area (TPSA) is 41.6 Å². The molecule has 4 saturated carbocycles. The maximum atomic E-state index is 6.32. The molecular weight excluding hydrogens is 222 g/mol. The quantitative estimate of drug-likeness (QED) is 0.611. The highest BCUT2D eigenvalue weighted by Gasteiger charge is 2.49. The van der Waals surface area contributed by atoms with Crippen molar-refractivity contribution in [1.82, 2.24) is 4.90 Å². The van der Waals surface area contributed by atoms with E-state index in [1.807, 2.05) is 0 Å². The highest BCUT2D eigenvalue weighted by atomic mass is 15.1. The molecule has 4 aliphatic carbocycles. The average Bonchev–Trinajstić information content (AvgIpc) is 2.26. The van der Waals surface area contributed by atoms with E-state index < -0.39 is 0 Å². The van der Waals surface area contributed by atoms with Crippen LogP contribution in [0.25, 0.3) is 0 Å². The Morgan fingerprint density at radius 1 is 1.06 bits per heavy atom. The zero-order valence-corrected chi connectivity index (χ0v) is 11.8. The van der Waals surface area contributed by atoms with Crippen LogP contribution in [0.1, 0.15) is 32.1 Å². The smallest absolute Gasteiger partial charge is 0.0974 e. The average molecular weight is 249 g/mol. The van der Waals surface area contributed by atoms with Gasteiger partial charge in [-0.1, -0.05) is 0 Å². The first-order valence-corrected chi connectivity index (χ1v) is 7.58. The fraction of sp³-hybridized carbons (Fsp3) is 0.933. The summed E-state index contributed by atoms with van der Waals surface area (Å²) in [5.74, 6) is 5.39. The van der Waals surface area contributed by atoms with Gasteiger partial charge >= 0.3 is 0 Å². The molecule has 2 N–H and O–H groups in total. The van der Waals surface area contributed by atoms with Crippen LogP contribution in [-0.2, 0) is 0 Å². The molecule has 0 unspecified atom stereocenters. The number of aliphatic imine (C=N–C) groups is 1. The molecule has 0 radical (unpaired) electrons. The molecular formula is C15H27N3. The van der Waals surface area contributed by atoms with Crippen LogP contribution in [0.2, 0.25) is 0 Å². The molecule has 4 aliphatic rings. The van der Waals surface area contributed by atoms with Gasteiger partial charge < -0.3 is 10.6 Å². The van der Waals surface area contributed by atoms with Crippen molar-refractivity contribution in [2.24, 2.45) is 40.3 Å². The summed E-state index contributed by atoms with van der Waals surface area (Å²) in [5, 5.41) is 0. The van der Waals surface area contributed by atoms with Gasteiger partial charge in [0, 0.05) is 12.5 Å². The highest BCUT2D eigenvalue weighted by Crippen LogP contribution is 2.56. The van der Waals surface area contributed by atoms with Crippen molar-refractivity contribution >= 4 is 5.84 Å². The minimum atomic E-state index is 0.625. The predicted molar refractivity (Wildman–Crippen MR) is 75.6 cm³/mol. The predicted octanol–water partition coefficient (Wildman–Crippen LogP) is 1.98. The number of hydrogen-bond donors (Lipinski definition) is 1. The molecule has 18 heavy (non-hydrogen) atoms. The van der Waals surface area contributed by atoms with E-state index in [1.54, 1.807) is 0 Å². The van der Waals surface area contributed by atoms with Crippen LogP contribution >= 0.6 is 0 Å². The molecule has 4 bridgehead atoms. The van der Waals surface area contributed by atoms with Gasteiger partial charge in [-0.2, -0.15) is 0 Å². The van der Waals surface area contributed by atoms with Crippen molar-refractivity contribution in [3.8, 4) is 0 Å². The van der Waals surface area contributed by atoms with Crippen molar-refractivity contribution in [1.29, 1.82) is 0 Å². The molecule has 0 aromatic rings. The molecule has 0 aromatic heterocycles. The van der Waals surface area contributed by atoms with E-state index in [0.29, 0.717) is 5.92 Å². The largest absolute Gasteiger partial charge is 0.387 e. The Morgan fingerprint density at radius 3 is 2.11 bits per heavy atom. The van der Waals surface area contributed by atoms with Crippen LogP contribution in [0.4, 0.5) is 0 Å². The molecule has 0 aliphatic heterocycles. The third kappa shape index (κ3) is 2.29. The van der Waals surface area contributed by atoms with Gasteiger partial charge in [0.25, 0.3) is 0 Å². The zero-order chi connectivity index (χ0) is 12.7. The minimum absolute atomic E-state index is 0.625. The summed E-state index contributed by atoms with van der Waals surface area (Å²) < 4.78 is 0. The Labute approximate surface area is 111 Å². The molecule has 0 spiro atoms. The van der Waals surface area contributed by atoms with Crippen LogP contribution in [0.3, 0.4) is 0 Å². The lowest BCUT2D eigenvalue weighted by Crippen LogP contribution is -2.50. The number of hydrogen-bond acceptors (Lipinski definition) is 2. The number of nitrogens with two attached hydrogens (primary N) is 1. The van der Waals surface area contributed by atoms with Crippen LogP contribution in [0, 0.1) is 29.6 Å². The molecule has 3 heteroatoms. The van der Waals surface area contributed by atoms with Crippen LogP contribution in [0.5, 0.6) is 0 Å². The number of nitrogens with zero attached hydrogens (tertiary/aromatic N) is 2. The lowest BCUT2D eigenvalue weighted by atomic mass is 9.51. The maximum absolute atomic E-state index is 6.32. The van der Waals surface area contributed by atoms with Crippen molar-refractivity contribution < 1.29 is 0 Å². The Kier molecular flexibility index (Phi) is 3.35. The van der Waals surface area contributed by atoms with E-state index in [4.69, 9.17) is 5.73 Å². The number of likely N-dealkylation sites (N-methyl/N-ethyl adjacent to an activating group) is 1. The summed E-state index contributed by atoms with van der Waals surface area (Å²) in [6.45, 7) is 1.87. The molecule has 3 nitrogen and oxygen atoms in total. The standard InChI is InChI=1S/C15H27N3/c1-18(2)4-3-17-15(16)14-12-6-10-5-11(8-12)9-13(14)7-10/h10-14H,3-9H2,1-2H3,(H2,16,17). The minimum Gasteiger partial charge on any atom is -0.387 e. The Hall–Kier alpha value is -0.570. The second-order valence-corrected chi connectivity index (χ2v) is 7.07. The third-order valence-electron chi connectivity index (χ3n) is 5.41. The molecule has 102 valence electrons. The van der Waals surface area contributed by atoms with E-state index >= 15 is 0 Å². The van der Waals surface area contributed by atoms with Gasteiger partial charge in [0.2, 0.25) is 0 Å². The first-order valence-electron chi connectivity index (χ1n) is 7.58. The lowest BCUT2D eigenvalue weighted by molar-refractivity contribution is -0.00873. The number of amidine groups is 1. The SMILES string of the molecule is CN(C)CCN=C(N)C1C2CC3CC(C2)CC1C3. The Bertz CT molecular complexity index is 307. The van der Waals surface area contributed by atoms with E-state index in [2.05, 4.69) is 24.0 Å². The fourth-order valence-electron chi connectivity index (χ4n) is 4.89. The summed E-state index contributed by atoms with van der Waals surface area (Å²) in [4.78, 5) is 6.84. The van der Waals surface area contributed by atoms with Gasteiger partial charge in [0.1, 0.15) is 0 Å². The first-order chi connectivity index (χ1) is 8.63. The second kappa shape index (κ2) is 4.84. The van der Waals surface area contributed by atoms with E-state index in [1.165, 1.54) is 32.1 Å². The summed E-state index contributed by atoms with van der Waals surface area (Å²) >= 11 is 0. The Balaban J connectivity index is 1.65. The maximum Gasteiger partial charge on any atom is 0.0974 e. The van der Waals surface area contributed by atoms with E-state index in [-0.39, 0.29) is 0 Å². The van der Waals surface area contributed by atoms with Crippen molar-refractivity contribution in [3.63, 3.8) is 0 Å². The summed E-state index contributed by atoms with van der Waals surface area (Å²) in [5.41, 5.74) is 6.32. The van der Waals surface area contributed by atoms with Gasteiger partial charge in [0.05, 0.1) is 12.4 Å². The van der Waals surface area contributed by atoms with Crippen LogP contribution in [0.15, 0.2) is 4.99 Å². The van der Waals surface area contributed by atoms with Gasteiger partial charge in [-0.05, 0) is 69.9 Å². The summed E-state index contributed by atoms with van der Waals surface area (Å²) in [6.07, 6.45) is 7.24. The molecule has 0 heterocycles. The van der Waals surface area contributed by atoms with Crippen molar-refractivity contribution in [2.45, 2.75) is 32.1 Å². The first kappa shape index (κ1) is 12.5. The van der Waals surface area contributed by atoms with Gasteiger partial charge in [-0.25, -0.2) is 0 Å². The fourth-order valence-corrected chi connectivity index (χ4v) is 4.89. The zero-order valence-electron chi connectivity index (χ0n) is 11.8. The Morgan fingerprint density at radius 2 is 1.61 bits per heavy atom. The van der Waals surface area contributed by atoms with E-state index in [0.717, 1.165) is 42.6 Å². The molecule has 0 saturated heterocycles. The second-order valence-electron chi connectivity index (χ2n) is 7.07. The molecule has 4 fully saturated rings. The van der Waals surface area contributed by atoms with Gasteiger partial charge in [-0.15, -0.1) is 0 Å². The summed E-state index contributed by atoms with van der Waals surface area (Å²) in [6, 6.07) is 0. The normalized spacial score (nSPS) is 42.8. The van der Waals surface area contributed by atoms with Crippen LogP contribution in [-0.4, -0.2) is 37.9 Å². The van der Waals surface area contributed by atoms with Gasteiger partial charge in [0.15, 0.2) is 0 Å². The monoisotopic (exact) mass is 249 g/mol. The lowest BCUT2D eigenvalue weighted by Gasteiger charge is -2.54. The summed E-state index contributed by atoms with van der Waals surface area (Å²) in [7, 11) is 4.18. The molecule has 0 amide bonds. The van der Waals surface area contributed by atoms with Crippen molar-refractivity contribution in [3.05, 3.63) is 0 Å². The molecule has 0 aromatic carbocycles. The highest BCUT2D eigenvalue weighted by molar-refractivity contribution is 5.83. The van der Waals surface area contributed by atoms with Crippen LogP contribution < -0.4 is 5.73 Å².